The van der Waals surface area contributed by atoms with Crippen molar-refractivity contribution >= 4 is 23.0 Å². The Morgan fingerprint density at radius 3 is 2.30 bits per heavy atom. The Labute approximate surface area is 125 Å². The third-order valence-corrected chi connectivity index (χ3v) is 3.60. The van der Waals surface area contributed by atoms with Gasteiger partial charge in [-0.25, -0.2) is 0 Å². The molecule has 0 unspecified atom stereocenters. The minimum Gasteiger partial charge on any atom is -0.497 e. The van der Waals surface area contributed by atoms with Crippen molar-refractivity contribution in [3.8, 4) is 5.75 Å². The Kier molecular flexibility index (Phi) is 4.88. The number of halogens is 1. The van der Waals surface area contributed by atoms with Gasteiger partial charge in [-0.3, -0.25) is 0 Å². The highest BCUT2D eigenvalue weighted by molar-refractivity contribution is 6.31. The number of benzene rings is 2. The van der Waals surface area contributed by atoms with Crippen molar-refractivity contribution in [3.63, 3.8) is 0 Å². The zero-order valence-electron chi connectivity index (χ0n) is 12.0. The summed E-state index contributed by atoms with van der Waals surface area (Å²) in [6.45, 7) is 0.769. The zero-order chi connectivity index (χ0) is 14.5. The van der Waals surface area contributed by atoms with Crippen molar-refractivity contribution in [2.45, 2.75) is 6.54 Å². The summed E-state index contributed by atoms with van der Waals surface area (Å²) in [5.41, 5.74) is 3.24. The van der Waals surface area contributed by atoms with E-state index in [2.05, 4.69) is 16.3 Å². The van der Waals surface area contributed by atoms with Crippen molar-refractivity contribution in [1.82, 2.24) is 5.32 Å². The molecule has 0 aliphatic carbocycles. The summed E-state index contributed by atoms with van der Waals surface area (Å²) in [4.78, 5) is 2.09. The first kappa shape index (κ1) is 14.7. The molecule has 2 rings (SSSR count). The molecule has 0 aliphatic rings. The monoisotopic (exact) mass is 290 g/mol. The second-order valence-electron chi connectivity index (χ2n) is 4.56. The van der Waals surface area contributed by atoms with Crippen LogP contribution in [-0.2, 0) is 6.54 Å². The van der Waals surface area contributed by atoms with Crippen molar-refractivity contribution in [2.24, 2.45) is 0 Å². The van der Waals surface area contributed by atoms with Crippen molar-refractivity contribution < 1.29 is 4.74 Å². The van der Waals surface area contributed by atoms with E-state index in [1.54, 1.807) is 7.11 Å². The summed E-state index contributed by atoms with van der Waals surface area (Å²) in [5, 5.41) is 3.88. The summed E-state index contributed by atoms with van der Waals surface area (Å²) in [6.07, 6.45) is 0. The fraction of sp³-hybridized carbons (Fsp3) is 0.250. The maximum Gasteiger partial charge on any atom is 0.119 e. The molecule has 2 aromatic rings. The highest BCUT2D eigenvalue weighted by Crippen LogP contribution is 2.29. The Morgan fingerprint density at radius 1 is 1.10 bits per heavy atom. The summed E-state index contributed by atoms with van der Waals surface area (Å²) >= 11 is 6.30. The lowest BCUT2D eigenvalue weighted by Gasteiger charge is -2.20. The lowest BCUT2D eigenvalue weighted by atomic mass is 10.2. The quantitative estimate of drug-likeness (QED) is 0.905. The highest BCUT2D eigenvalue weighted by atomic mass is 35.5. The topological polar surface area (TPSA) is 24.5 Å². The molecule has 1 N–H and O–H groups in total. The van der Waals surface area contributed by atoms with E-state index in [0.29, 0.717) is 0 Å². The normalized spacial score (nSPS) is 10.4. The van der Waals surface area contributed by atoms with Crippen LogP contribution in [-0.4, -0.2) is 21.2 Å². The van der Waals surface area contributed by atoms with E-state index in [-0.39, 0.29) is 0 Å². The maximum absolute atomic E-state index is 6.30. The van der Waals surface area contributed by atoms with Gasteiger partial charge in [-0.1, -0.05) is 17.7 Å². The van der Waals surface area contributed by atoms with E-state index >= 15 is 0 Å². The van der Waals surface area contributed by atoms with E-state index < -0.39 is 0 Å². The first-order valence-corrected chi connectivity index (χ1v) is 6.84. The minimum atomic E-state index is 0.769. The molecule has 0 aromatic heterocycles. The number of rotatable bonds is 5. The highest BCUT2D eigenvalue weighted by Gasteiger charge is 2.07. The average molecular weight is 291 g/mol. The molecule has 0 heterocycles. The number of methoxy groups -OCH3 is 1. The Bertz CT molecular complexity index is 569. The fourth-order valence-electron chi connectivity index (χ4n) is 2.03. The first-order valence-electron chi connectivity index (χ1n) is 6.46. The van der Waals surface area contributed by atoms with Crippen LogP contribution in [0.4, 0.5) is 11.4 Å². The molecule has 3 nitrogen and oxygen atoms in total. The molecule has 0 atom stereocenters. The van der Waals surface area contributed by atoms with E-state index in [9.17, 15) is 0 Å². The van der Waals surface area contributed by atoms with E-state index in [4.69, 9.17) is 16.3 Å². The maximum atomic E-state index is 6.30. The van der Waals surface area contributed by atoms with Gasteiger partial charge in [0, 0.05) is 30.0 Å². The van der Waals surface area contributed by atoms with Crippen LogP contribution in [0.3, 0.4) is 0 Å². The van der Waals surface area contributed by atoms with Crippen LogP contribution in [0.15, 0.2) is 42.5 Å². The van der Waals surface area contributed by atoms with Gasteiger partial charge in [0.05, 0.1) is 7.11 Å². The van der Waals surface area contributed by atoms with Gasteiger partial charge in [0.25, 0.3) is 0 Å². The third kappa shape index (κ3) is 3.24. The van der Waals surface area contributed by atoms with Gasteiger partial charge >= 0.3 is 0 Å². The second kappa shape index (κ2) is 6.64. The van der Waals surface area contributed by atoms with Crippen LogP contribution in [0, 0.1) is 0 Å². The molecule has 4 heteroatoms. The number of nitrogens with one attached hydrogen (secondary N) is 1. The van der Waals surface area contributed by atoms with Crippen molar-refractivity contribution in [2.75, 3.05) is 26.1 Å². The summed E-state index contributed by atoms with van der Waals surface area (Å²) in [6, 6.07) is 14.0. The van der Waals surface area contributed by atoms with E-state index in [0.717, 1.165) is 34.3 Å². The number of ether oxygens (including phenoxy) is 1. The predicted octanol–water partition coefficient (Wildman–Crippen LogP) is 3.84. The predicted molar refractivity (Wildman–Crippen MR) is 85.3 cm³/mol. The number of hydrogen-bond acceptors (Lipinski definition) is 3. The zero-order valence-corrected chi connectivity index (χ0v) is 12.7. The van der Waals surface area contributed by atoms with Crippen LogP contribution < -0.4 is 15.0 Å². The molecule has 0 fully saturated rings. The van der Waals surface area contributed by atoms with Crippen LogP contribution in [0.2, 0.25) is 5.02 Å². The minimum absolute atomic E-state index is 0.769. The lowest BCUT2D eigenvalue weighted by Crippen LogP contribution is -2.10. The Balaban J connectivity index is 2.23. The Hall–Kier alpha value is -1.71. The standard InChI is InChI=1S/C16H19ClN2O/c1-18-11-12-4-5-14(10-16(12)17)19(2)13-6-8-15(20-3)9-7-13/h4-10,18H,11H2,1-3H3. The number of anilines is 2. The average Bonchev–Trinajstić information content (AvgIpc) is 2.49. The summed E-state index contributed by atoms with van der Waals surface area (Å²) < 4.78 is 5.17. The van der Waals surface area contributed by atoms with Gasteiger partial charge in [-0.05, 0) is 49.0 Å². The third-order valence-electron chi connectivity index (χ3n) is 3.25. The fourth-order valence-corrected chi connectivity index (χ4v) is 2.28. The molecule has 2 aromatic carbocycles. The summed E-state index contributed by atoms with van der Waals surface area (Å²) in [5.74, 6) is 0.851. The van der Waals surface area contributed by atoms with Gasteiger partial charge in [-0.15, -0.1) is 0 Å². The first-order chi connectivity index (χ1) is 9.65. The lowest BCUT2D eigenvalue weighted by molar-refractivity contribution is 0.415. The van der Waals surface area contributed by atoms with Crippen LogP contribution in [0.5, 0.6) is 5.75 Å². The molecular formula is C16H19ClN2O. The SMILES string of the molecule is CNCc1ccc(N(C)c2ccc(OC)cc2)cc1Cl. The van der Waals surface area contributed by atoms with Gasteiger partial charge in [-0.2, -0.15) is 0 Å². The van der Waals surface area contributed by atoms with Crippen LogP contribution in [0.25, 0.3) is 0 Å². The van der Waals surface area contributed by atoms with Gasteiger partial charge in [0.1, 0.15) is 5.75 Å². The molecule has 0 saturated carbocycles. The molecule has 0 radical (unpaired) electrons. The molecule has 0 amide bonds. The smallest absolute Gasteiger partial charge is 0.119 e. The van der Waals surface area contributed by atoms with Gasteiger partial charge in [0.2, 0.25) is 0 Å². The van der Waals surface area contributed by atoms with Gasteiger partial charge in [0.15, 0.2) is 0 Å². The number of hydrogen-bond donors (Lipinski definition) is 1. The van der Waals surface area contributed by atoms with Crippen molar-refractivity contribution in [1.29, 1.82) is 0 Å². The molecule has 0 saturated heterocycles. The Morgan fingerprint density at radius 2 is 1.75 bits per heavy atom. The largest absolute Gasteiger partial charge is 0.497 e. The summed E-state index contributed by atoms with van der Waals surface area (Å²) in [7, 11) is 5.60. The van der Waals surface area contributed by atoms with Crippen LogP contribution in [0.1, 0.15) is 5.56 Å². The van der Waals surface area contributed by atoms with E-state index in [1.807, 2.05) is 50.5 Å². The molecule has 0 spiro atoms. The molecule has 106 valence electrons. The number of nitrogens with zero attached hydrogens (tertiary/aromatic N) is 1. The molecule has 0 aliphatic heterocycles. The van der Waals surface area contributed by atoms with E-state index in [1.165, 1.54) is 0 Å². The van der Waals surface area contributed by atoms with Crippen molar-refractivity contribution in [3.05, 3.63) is 53.1 Å². The molecule has 0 bridgehead atoms. The molecular weight excluding hydrogens is 272 g/mol. The van der Waals surface area contributed by atoms with Crippen LogP contribution >= 0.6 is 11.6 Å². The second-order valence-corrected chi connectivity index (χ2v) is 4.97. The molecule has 20 heavy (non-hydrogen) atoms. The van der Waals surface area contributed by atoms with Gasteiger partial charge < -0.3 is 15.0 Å².